The second-order valence-corrected chi connectivity index (χ2v) is 6.26. The molecule has 0 bridgehead atoms. The zero-order valence-corrected chi connectivity index (χ0v) is 13.9. The molecule has 1 aliphatic heterocycles. The van der Waals surface area contributed by atoms with Crippen LogP contribution in [0, 0.1) is 0 Å². The molecule has 126 valence electrons. The summed E-state index contributed by atoms with van der Waals surface area (Å²) >= 11 is 0. The molecule has 6 heteroatoms. The first-order valence-corrected chi connectivity index (χ1v) is 8.36. The molecule has 1 aromatic carbocycles. The normalized spacial score (nSPS) is 12.5. The molecule has 0 fully saturated rings. The van der Waals surface area contributed by atoms with Crippen molar-refractivity contribution in [3.8, 4) is 11.1 Å². The van der Waals surface area contributed by atoms with Gasteiger partial charge in [-0.15, -0.1) is 0 Å². The molecular weight excluding hydrogens is 324 g/mol. The van der Waals surface area contributed by atoms with E-state index in [2.05, 4.69) is 50.7 Å². The zero-order valence-electron chi connectivity index (χ0n) is 13.9. The smallest absolute Gasteiger partial charge is 0.160 e. The second kappa shape index (κ2) is 5.70. The largest absolute Gasteiger partial charge is 0.384 e. The number of nitrogens with two attached hydrogens (primary N) is 1. The highest BCUT2D eigenvalue weighted by molar-refractivity contribution is 5.86. The van der Waals surface area contributed by atoms with Crippen LogP contribution in [0.3, 0.4) is 0 Å². The molecule has 0 saturated carbocycles. The number of benzene rings is 1. The minimum atomic E-state index is 0.476. The monoisotopic (exact) mass is 340 g/mol. The molecule has 0 atom stereocenters. The maximum atomic E-state index is 5.79. The van der Waals surface area contributed by atoms with Gasteiger partial charge >= 0.3 is 0 Å². The van der Waals surface area contributed by atoms with Gasteiger partial charge in [0, 0.05) is 30.4 Å². The summed E-state index contributed by atoms with van der Waals surface area (Å²) in [5.74, 6) is 1.17. The van der Waals surface area contributed by atoms with Crippen molar-refractivity contribution >= 4 is 29.2 Å². The van der Waals surface area contributed by atoms with Crippen LogP contribution in [0.5, 0.6) is 0 Å². The van der Waals surface area contributed by atoms with Gasteiger partial charge in [0.1, 0.15) is 11.6 Å². The van der Waals surface area contributed by atoms with Gasteiger partial charge in [-0.1, -0.05) is 18.2 Å². The summed E-state index contributed by atoms with van der Waals surface area (Å²) < 4.78 is 2.01. The molecule has 5 rings (SSSR count). The number of imidazole rings is 1. The molecule has 1 aliphatic rings. The Morgan fingerprint density at radius 1 is 1.08 bits per heavy atom. The molecule has 0 amide bonds. The molecule has 26 heavy (non-hydrogen) atoms. The maximum absolute atomic E-state index is 5.79. The number of anilines is 3. The van der Waals surface area contributed by atoms with Crippen molar-refractivity contribution in [2.75, 3.05) is 11.1 Å². The van der Waals surface area contributed by atoms with Crippen LogP contribution in [0.4, 0.5) is 17.3 Å². The SMILES string of the molecule is Nc1cccc(Nc2cc(-c3ccc4c(c3)CN=C4)cn3ccnc23)n1. The van der Waals surface area contributed by atoms with E-state index < -0.39 is 0 Å². The minimum absolute atomic E-state index is 0.476. The van der Waals surface area contributed by atoms with Crippen molar-refractivity contribution in [1.82, 2.24) is 14.4 Å². The summed E-state index contributed by atoms with van der Waals surface area (Å²) in [6, 6.07) is 14.0. The predicted octanol–water partition coefficient (Wildman–Crippen LogP) is 3.65. The van der Waals surface area contributed by atoms with Gasteiger partial charge in [-0.2, -0.15) is 0 Å². The van der Waals surface area contributed by atoms with Gasteiger partial charge in [0.2, 0.25) is 0 Å². The van der Waals surface area contributed by atoms with Crippen LogP contribution in [-0.2, 0) is 6.54 Å². The summed E-state index contributed by atoms with van der Waals surface area (Å²) in [5, 5.41) is 3.34. The quantitative estimate of drug-likeness (QED) is 0.596. The van der Waals surface area contributed by atoms with Gasteiger partial charge in [-0.3, -0.25) is 4.99 Å². The lowest BCUT2D eigenvalue weighted by Crippen LogP contribution is -2.00. The summed E-state index contributed by atoms with van der Waals surface area (Å²) in [4.78, 5) is 13.1. The number of fused-ring (bicyclic) bond motifs is 2. The molecule has 0 spiro atoms. The van der Waals surface area contributed by atoms with E-state index in [1.54, 1.807) is 12.3 Å². The molecule has 3 N–H and O–H groups in total. The van der Waals surface area contributed by atoms with E-state index in [1.807, 2.05) is 28.9 Å². The molecule has 0 saturated heterocycles. The molecule has 0 aliphatic carbocycles. The Hall–Kier alpha value is -3.67. The second-order valence-electron chi connectivity index (χ2n) is 6.26. The fraction of sp³-hybridized carbons (Fsp3) is 0.0500. The van der Waals surface area contributed by atoms with Gasteiger partial charge in [-0.05, 0) is 41.0 Å². The Bertz CT molecular complexity index is 1160. The molecule has 6 nitrogen and oxygen atoms in total. The van der Waals surface area contributed by atoms with E-state index in [-0.39, 0.29) is 0 Å². The molecule has 4 aromatic rings. The predicted molar refractivity (Wildman–Crippen MR) is 104 cm³/mol. The summed E-state index contributed by atoms with van der Waals surface area (Å²) in [6.07, 6.45) is 7.73. The van der Waals surface area contributed by atoms with Crippen molar-refractivity contribution in [2.24, 2.45) is 4.99 Å². The number of nitrogens with zero attached hydrogens (tertiary/aromatic N) is 4. The van der Waals surface area contributed by atoms with E-state index in [9.17, 15) is 0 Å². The van der Waals surface area contributed by atoms with Gasteiger partial charge in [0.15, 0.2) is 5.65 Å². The van der Waals surface area contributed by atoms with Gasteiger partial charge in [-0.25, -0.2) is 9.97 Å². The Morgan fingerprint density at radius 3 is 2.96 bits per heavy atom. The van der Waals surface area contributed by atoms with Crippen molar-refractivity contribution in [3.05, 3.63) is 72.2 Å². The van der Waals surface area contributed by atoms with Crippen molar-refractivity contribution in [2.45, 2.75) is 6.54 Å². The van der Waals surface area contributed by atoms with Crippen LogP contribution in [0.15, 0.2) is 66.0 Å². The average molecular weight is 340 g/mol. The molecular formula is C20H16N6. The number of aliphatic imine (C=N–C) groups is 1. The van der Waals surface area contributed by atoms with E-state index in [0.29, 0.717) is 11.6 Å². The van der Waals surface area contributed by atoms with Crippen LogP contribution in [-0.4, -0.2) is 20.6 Å². The number of hydrogen-bond acceptors (Lipinski definition) is 5. The van der Waals surface area contributed by atoms with Crippen molar-refractivity contribution in [1.29, 1.82) is 0 Å². The summed E-state index contributed by atoms with van der Waals surface area (Å²) in [6.45, 7) is 0.745. The first kappa shape index (κ1) is 14.7. The van der Waals surface area contributed by atoms with Gasteiger partial charge in [0.25, 0.3) is 0 Å². The zero-order chi connectivity index (χ0) is 17.5. The van der Waals surface area contributed by atoms with Gasteiger partial charge in [0.05, 0.1) is 12.2 Å². The number of pyridine rings is 2. The van der Waals surface area contributed by atoms with Gasteiger partial charge < -0.3 is 15.5 Å². The number of nitrogen functional groups attached to an aromatic ring is 1. The van der Waals surface area contributed by atoms with Crippen molar-refractivity contribution in [3.63, 3.8) is 0 Å². The average Bonchev–Trinajstić information content (AvgIpc) is 3.30. The number of rotatable bonds is 3. The fourth-order valence-corrected chi connectivity index (χ4v) is 3.23. The first-order chi connectivity index (χ1) is 12.8. The van der Waals surface area contributed by atoms with Crippen LogP contribution in [0.25, 0.3) is 16.8 Å². The Kier molecular flexibility index (Phi) is 3.21. The lowest BCUT2D eigenvalue weighted by atomic mass is 10.0. The summed E-state index contributed by atoms with van der Waals surface area (Å²) in [5.41, 5.74) is 12.2. The third-order valence-electron chi connectivity index (χ3n) is 4.49. The Morgan fingerprint density at radius 2 is 2.04 bits per heavy atom. The number of aromatic nitrogens is 3. The number of nitrogens with one attached hydrogen (secondary N) is 1. The molecule has 4 heterocycles. The first-order valence-electron chi connectivity index (χ1n) is 8.36. The lowest BCUT2D eigenvalue weighted by Gasteiger charge is -2.11. The topological polar surface area (TPSA) is 80.6 Å². The highest BCUT2D eigenvalue weighted by Crippen LogP contribution is 2.30. The van der Waals surface area contributed by atoms with E-state index in [4.69, 9.17) is 5.73 Å². The third kappa shape index (κ3) is 2.48. The number of hydrogen-bond donors (Lipinski definition) is 2. The van der Waals surface area contributed by atoms with E-state index >= 15 is 0 Å². The van der Waals surface area contributed by atoms with Crippen LogP contribution >= 0.6 is 0 Å². The third-order valence-corrected chi connectivity index (χ3v) is 4.49. The van der Waals surface area contributed by atoms with E-state index in [1.165, 1.54) is 11.1 Å². The molecule has 0 radical (unpaired) electrons. The minimum Gasteiger partial charge on any atom is -0.384 e. The lowest BCUT2D eigenvalue weighted by molar-refractivity contribution is 1.11. The standard InChI is InChI=1S/C20H16N6/c21-18-2-1-3-19(25-18)24-17-9-16(12-26-7-6-23-20(17)26)13-4-5-14-10-22-11-15(14)8-13/h1-10,12H,11H2,(H3,21,24,25). The van der Waals surface area contributed by atoms with Crippen molar-refractivity contribution < 1.29 is 0 Å². The highest BCUT2D eigenvalue weighted by Gasteiger charge is 2.11. The fourth-order valence-electron chi connectivity index (χ4n) is 3.23. The highest BCUT2D eigenvalue weighted by atomic mass is 15.1. The summed E-state index contributed by atoms with van der Waals surface area (Å²) in [7, 11) is 0. The Balaban J connectivity index is 1.61. The van der Waals surface area contributed by atoms with Crippen LogP contribution < -0.4 is 11.1 Å². The Labute approximate surface area is 150 Å². The van der Waals surface area contributed by atoms with Crippen LogP contribution in [0.1, 0.15) is 11.1 Å². The van der Waals surface area contributed by atoms with E-state index in [0.717, 1.165) is 29.0 Å². The van der Waals surface area contributed by atoms with Crippen LogP contribution in [0.2, 0.25) is 0 Å². The maximum Gasteiger partial charge on any atom is 0.160 e. The molecule has 0 unspecified atom stereocenters. The molecule has 3 aromatic heterocycles.